The van der Waals surface area contributed by atoms with Gasteiger partial charge in [0.1, 0.15) is 0 Å². The summed E-state index contributed by atoms with van der Waals surface area (Å²) in [6.45, 7) is 22.9. The Morgan fingerprint density at radius 1 is 0.897 bits per heavy atom. The molecule has 1 aromatic carbocycles. The van der Waals surface area contributed by atoms with Crippen molar-refractivity contribution in [3.05, 3.63) is 35.9 Å². The molecule has 8 heteroatoms. The smallest absolute Gasteiger partial charge is 0.463 e. The van der Waals surface area contributed by atoms with Crippen molar-refractivity contribution in [3.8, 4) is 0 Å². The molecule has 2 heterocycles. The van der Waals surface area contributed by atoms with Crippen molar-refractivity contribution in [2.75, 3.05) is 0 Å². The molecule has 0 radical (unpaired) electrons. The molecule has 0 N–H and O–H groups in total. The second kappa shape index (κ2) is 8.83. The SMILES string of the molecule is CC(C)OC(=O)C12CC(C(C)(CCc3ccccc3)B3OC(C)(C)C(C)(C)O3)(C1)C2B1OC(C)(C)C(C)(C)O1. The van der Waals surface area contributed by atoms with Crippen molar-refractivity contribution in [1.82, 2.24) is 0 Å². The standard InChI is InChI=1S/C31H48B2O6/c1-21(2)35-24(34)30-19-31(20-30,23(30)32-36-25(3,4)26(5,6)37-32)29(11,18-17-22-15-13-12-14-16-22)33-38-27(7,8)28(9,10)39-33/h12-16,21,23H,17-20H2,1-11H3. The van der Waals surface area contributed by atoms with Gasteiger partial charge in [-0.15, -0.1) is 0 Å². The van der Waals surface area contributed by atoms with Gasteiger partial charge in [-0.3, -0.25) is 4.79 Å². The van der Waals surface area contributed by atoms with Gasteiger partial charge in [-0.25, -0.2) is 0 Å². The van der Waals surface area contributed by atoms with Gasteiger partial charge in [0, 0.05) is 11.1 Å². The van der Waals surface area contributed by atoms with Gasteiger partial charge in [-0.1, -0.05) is 37.3 Å². The summed E-state index contributed by atoms with van der Waals surface area (Å²) in [7, 11) is -0.925. The Hall–Kier alpha value is -1.34. The Kier molecular flexibility index (Phi) is 6.60. The van der Waals surface area contributed by atoms with E-state index in [1.807, 2.05) is 13.8 Å². The van der Waals surface area contributed by atoms with Crippen molar-refractivity contribution in [2.24, 2.45) is 10.8 Å². The number of ether oxygens (including phenoxy) is 1. The summed E-state index contributed by atoms with van der Waals surface area (Å²) in [5.74, 6) is -0.268. The third kappa shape index (κ3) is 4.10. The molecule has 5 aliphatic rings. The average molecular weight is 538 g/mol. The van der Waals surface area contributed by atoms with Crippen LogP contribution in [-0.4, -0.2) is 48.7 Å². The van der Waals surface area contributed by atoms with Crippen LogP contribution >= 0.6 is 0 Å². The van der Waals surface area contributed by atoms with Crippen LogP contribution in [0.5, 0.6) is 0 Å². The molecule has 0 amide bonds. The fourth-order valence-corrected chi connectivity index (χ4v) is 7.44. The van der Waals surface area contributed by atoms with E-state index in [0.717, 1.165) is 25.7 Å². The minimum absolute atomic E-state index is 0.126. The zero-order chi connectivity index (χ0) is 28.9. The van der Waals surface area contributed by atoms with E-state index in [1.54, 1.807) is 0 Å². The molecule has 6 nitrogen and oxygen atoms in total. The summed E-state index contributed by atoms with van der Waals surface area (Å²) in [6, 6.07) is 10.6. The zero-order valence-electron chi connectivity index (χ0n) is 26.0. The molecule has 0 spiro atoms. The molecular weight excluding hydrogens is 490 g/mol. The number of hydrogen-bond acceptors (Lipinski definition) is 6. The van der Waals surface area contributed by atoms with Gasteiger partial charge in [-0.05, 0) is 106 Å². The summed E-state index contributed by atoms with van der Waals surface area (Å²) in [5, 5.41) is -0.387. The van der Waals surface area contributed by atoms with E-state index < -0.39 is 42.1 Å². The van der Waals surface area contributed by atoms with E-state index >= 15 is 0 Å². The van der Waals surface area contributed by atoms with E-state index in [2.05, 4.69) is 92.6 Å². The quantitative estimate of drug-likeness (QED) is 0.272. The van der Waals surface area contributed by atoms with Crippen molar-refractivity contribution < 1.29 is 28.1 Å². The maximum absolute atomic E-state index is 13.7. The van der Waals surface area contributed by atoms with Gasteiger partial charge in [0.15, 0.2) is 0 Å². The highest BCUT2D eigenvalue weighted by molar-refractivity contribution is 6.53. The lowest BCUT2D eigenvalue weighted by Gasteiger charge is -2.80. The second-order valence-corrected chi connectivity index (χ2v) is 15.2. The minimum Gasteiger partial charge on any atom is -0.463 e. The highest BCUT2D eigenvalue weighted by Crippen LogP contribution is 2.90. The summed E-state index contributed by atoms with van der Waals surface area (Å²) >= 11 is 0. The molecule has 3 saturated carbocycles. The summed E-state index contributed by atoms with van der Waals surface area (Å²) in [4.78, 5) is 13.7. The maximum atomic E-state index is 13.7. The van der Waals surface area contributed by atoms with Crippen molar-refractivity contribution in [3.63, 3.8) is 0 Å². The average Bonchev–Trinajstić information content (AvgIpc) is 3.09. The molecule has 2 aliphatic heterocycles. The molecule has 2 unspecified atom stereocenters. The van der Waals surface area contributed by atoms with Crippen LogP contribution in [0.1, 0.15) is 101 Å². The van der Waals surface area contributed by atoms with Gasteiger partial charge in [0.25, 0.3) is 0 Å². The lowest BCUT2D eigenvalue weighted by molar-refractivity contribution is -0.251. The number of esters is 1. The first-order valence-corrected chi connectivity index (χ1v) is 14.8. The van der Waals surface area contributed by atoms with Crippen LogP contribution in [0.15, 0.2) is 30.3 Å². The highest BCUT2D eigenvalue weighted by atomic mass is 16.7. The molecule has 1 aromatic rings. The number of aryl methyl sites for hydroxylation is 1. The predicted octanol–water partition coefficient (Wildman–Crippen LogP) is 6.67. The first-order chi connectivity index (χ1) is 17.8. The van der Waals surface area contributed by atoms with Crippen molar-refractivity contribution >= 4 is 20.2 Å². The van der Waals surface area contributed by atoms with Crippen LogP contribution in [0.2, 0.25) is 11.1 Å². The fraction of sp³-hybridized carbons (Fsp3) is 0.774. The Morgan fingerprint density at radius 3 is 1.87 bits per heavy atom. The van der Waals surface area contributed by atoms with E-state index in [0.29, 0.717) is 0 Å². The molecule has 5 fully saturated rings. The van der Waals surface area contributed by atoms with Crippen LogP contribution in [0.4, 0.5) is 0 Å². The van der Waals surface area contributed by atoms with Gasteiger partial charge < -0.3 is 23.4 Å². The van der Waals surface area contributed by atoms with Crippen LogP contribution in [0.3, 0.4) is 0 Å². The molecule has 0 aromatic heterocycles. The minimum atomic E-state index is -0.608. The number of rotatable bonds is 8. The van der Waals surface area contributed by atoms with Gasteiger partial charge in [0.2, 0.25) is 0 Å². The molecule has 3 aliphatic carbocycles. The van der Waals surface area contributed by atoms with Crippen LogP contribution < -0.4 is 0 Å². The Morgan fingerprint density at radius 2 is 1.38 bits per heavy atom. The number of hydrogen-bond donors (Lipinski definition) is 0. The largest absolute Gasteiger partial charge is 0.464 e. The number of benzene rings is 1. The normalized spacial score (nSPS) is 34.8. The first-order valence-electron chi connectivity index (χ1n) is 14.8. The molecule has 6 rings (SSSR count). The van der Waals surface area contributed by atoms with Crippen molar-refractivity contribution in [1.29, 1.82) is 0 Å². The third-order valence-corrected chi connectivity index (χ3v) is 11.4. The monoisotopic (exact) mass is 538 g/mol. The van der Waals surface area contributed by atoms with E-state index in [1.165, 1.54) is 5.56 Å². The number of carbonyl (C=O) groups excluding carboxylic acids is 1. The molecule has 39 heavy (non-hydrogen) atoms. The molecule has 214 valence electrons. The van der Waals surface area contributed by atoms with Gasteiger partial charge in [-0.2, -0.15) is 0 Å². The maximum Gasteiger partial charge on any atom is 0.464 e. The van der Waals surface area contributed by atoms with Crippen LogP contribution in [-0.2, 0) is 34.6 Å². The van der Waals surface area contributed by atoms with Crippen LogP contribution in [0.25, 0.3) is 0 Å². The lowest BCUT2D eigenvalue weighted by Crippen LogP contribution is -2.79. The summed E-state index contributed by atoms with van der Waals surface area (Å²) < 4.78 is 32.8. The Balaban J connectivity index is 1.55. The fourth-order valence-electron chi connectivity index (χ4n) is 7.44. The second-order valence-electron chi connectivity index (χ2n) is 15.2. The van der Waals surface area contributed by atoms with E-state index in [-0.39, 0.29) is 28.6 Å². The van der Waals surface area contributed by atoms with Crippen LogP contribution in [0, 0.1) is 10.8 Å². The van der Waals surface area contributed by atoms with Gasteiger partial charge in [0.05, 0.1) is 33.9 Å². The first kappa shape index (κ1) is 29.2. The van der Waals surface area contributed by atoms with E-state index in [9.17, 15) is 4.79 Å². The molecular formula is C31H48B2O6. The zero-order valence-corrected chi connectivity index (χ0v) is 26.0. The van der Waals surface area contributed by atoms with E-state index in [4.69, 9.17) is 23.4 Å². The Labute approximate surface area is 236 Å². The van der Waals surface area contributed by atoms with Gasteiger partial charge >= 0.3 is 20.2 Å². The lowest BCUT2D eigenvalue weighted by atomic mass is 9.13. The molecule has 2 atom stereocenters. The Bertz CT molecular complexity index is 1080. The summed E-state index contributed by atoms with van der Waals surface area (Å²) in [6.07, 6.45) is 3.04. The number of carbonyl (C=O) groups is 1. The van der Waals surface area contributed by atoms with Crippen molar-refractivity contribution in [2.45, 2.75) is 141 Å². The topological polar surface area (TPSA) is 63.2 Å². The molecule has 2 bridgehead atoms. The third-order valence-electron chi connectivity index (χ3n) is 11.4. The summed E-state index contributed by atoms with van der Waals surface area (Å²) in [5.41, 5.74) is -1.47. The highest BCUT2D eigenvalue weighted by Gasteiger charge is 2.89. The predicted molar refractivity (Wildman–Crippen MR) is 154 cm³/mol. The molecule has 2 saturated heterocycles.